The molecule has 2 heterocycles. The van der Waals surface area contributed by atoms with Gasteiger partial charge in [0.15, 0.2) is 0 Å². The van der Waals surface area contributed by atoms with E-state index in [4.69, 9.17) is 5.73 Å². The van der Waals surface area contributed by atoms with E-state index in [0.29, 0.717) is 6.54 Å². The normalized spacial score (nSPS) is 21.2. The highest BCUT2D eigenvalue weighted by molar-refractivity contribution is 5.90. The molecular formula is C18H22FN3O2. The number of nitrogens with one attached hydrogen (secondary N) is 1. The number of likely N-dealkylation sites (tertiary alicyclic amines) is 1. The molecule has 0 bridgehead atoms. The maximum atomic E-state index is 13.6. The summed E-state index contributed by atoms with van der Waals surface area (Å²) in [5, 5.41) is 0.733. The molecule has 0 radical (unpaired) electrons. The molecule has 0 unspecified atom stereocenters. The number of aryl methyl sites for hydroxylation is 1. The maximum Gasteiger partial charge on any atom is 0.227 e. The van der Waals surface area contributed by atoms with Gasteiger partial charge >= 0.3 is 0 Å². The standard InChI is InChI=1S/C18H22FN3O2/c1-10-3-4-12(18(20)24)9-22(10)17(23)8-14-11(2)21-16-6-5-13(19)7-15(14)16/h5-7,10,12,21H,3-4,8-9H2,1-2H3,(H2,20,24)/t10-,12+/m0/s1. The van der Waals surface area contributed by atoms with E-state index in [0.717, 1.165) is 35.0 Å². The lowest BCUT2D eigenvalue weighted by Crippen LogP contribution is -2.49. The minimum atomic E-state index is -0.356. The molecule has 1 saturated heterocycles. The average Bonchev–Trinajstić information content (AvgIpc) is 2.83. The lowest BCUT2D eigenvalue weighted by Gasteiger charge is -2.37. The van der Waals surface area contributed by atoms with Crippen LogP contribution >= 0.6 is 0 Å². The summed E-state index contributed by atoms with van der Waals surface area (Å²) in [5.41, 5.74) is 7.89. The zero-order valence-electron chi connectivity index (χ0n) is 13.9. The van der Waals surface area contributed by atoms with Crippen molar-refractivity contribution in [1.29, 1.82) is 0 Å². The van der Waals surface area contributed by atoms with Gasteiger partial charge in [0.2, 0.25) is 11.8 Å². The SMILES string of the molecule is Cc1[nH]c2ccc(F)cc2c1CC(=O)N1C[C@H](C(N)=O)CC[C@@H]1C. The van der Waals surface area contributed by atoms with E-state index >= 15 is 0 Å². The number of amides is 2. The largest absolute Gasteiger partial charge is 0.369 e. The van der Waals surface area contributed by atoms with Crippen molar-refractivity contribution in [2.24, 2.45) is 11.7 Å². The van der Waals surface area contributed by atoms with Gasteiger partial charge in [0.05, 0.1) is 12.3 Å². The summed E-state index contributed by atoms with van der Waals surface area (Å²) in [6, 6.07) is 4.61. The first-order valence-corrected chi connectivity index (χ1v) is 8.22. The molecule has 2 aromatic rings. The monoisotopic (exact) mass is 331 g/mol. The fourth-order valence-corrected chi connectivity index (χ4v) is 3.52. The van der Waals surface area contributed by atoms with E-state index < -0.39 is 0 Å². The zero-order valence-corrected chi connectivity index (χ0v) is 13.9. The van der Waals surface area contributed by atoms with Crippen LogP contribution in [-0.4, -0.2) is 34.3 Å². The van der Waals surface area contributed by atoms with Gasteiger partial charge in [0, 0.05) is 29.2 Å². The van der Waals surface area contributed by atoms with Crippen LogP contribution in [0.3, 0.4) is 0 Å². The number of carbonyl (C=O) groups is 2. The Kier molecular flexibility index (Phi) is 4.30. The maximum absolute atomic E-state index is 13.6. The van der Waals surface area contributed by atoms with Crippen molar-refractivity contribution in [2.45, 2.75) is 39.2 Å². The lowest BCUT2D eigenvalue weighted by molar-refractivity contribution is -0.136. The number of piperidine rings is 1. The predicted molar refractivity (Wildman–Crippen MR) is 89.8 cm³/mol. The third-order valence-electron chi connectivity index (χ3n) is 5.01. The van der Waals surface area contributed by atoms with Crippen LogP contribution in [0.2, 0.25) is 0 Å². The van der Waals surface area contributed by atoms with Crippen molar-refractivity contribution in [3.05, 3.63) is 35.3 Å². The van der Waals surface area contributed by atoms with Crippen LogP contribution in [0.15, 0.2) is 18.2 Å². The van der Waals surface area contributed by atoms with Gasteiger partial charge in [-0.25, -0.2) is 4.39 Å². The quantitative estimate of drug-likeness (QED) is 0.905. The van der Waals surface area contributed by atoms with Crippen molar-refractivity contribution in [3.8, 4) is 0 Å². The zero-order chi connectivity index (χ0) is 17.4. The van der Waals surface area contributed by atoms with Crippen LogP contribution in [-0.2, 0) is 16.0 Å². The first kappa shape index (κ1) is 16.5. The second-order valence-electron chi connectivity index (χ2n) is 6.67. The molecule has 0 saturated carbocycles. The van der Waals surface area contributed by atoms with Crippen molar-refractivity contribution < 1.29 is 14.0 Å². The van der Waals surface area contributed by atoms with Gasteiger partial charge in [-0.1, -0.05) is 0 Å². The number of aromatic nitrogens is 1. The van der Waals surface area contributed by atoms with E-state index in [9.17, 15) is 14.0 Å². The minimum absolute atomic E-state index is 0.0540. The highest BCUT2D eigenvalue weighted by Crippen LogP contribution is 2.26. The summed E-state index contributed by atoms with van der Waals surface area (Å²) in [7, 11) is 0. The van der Waals surface area contributed by atoms with Crippen LogP contribution in [0.5, 0.6) is 0 Å². The van der Waals surface area contributed by atoms with Crippen molar-refractivity contribution in [1.82, 2.24) is 9.88 Å². The van der Waals surface area contributed by atoms with Crippen LogP contribution < -0.4 is 5.73 Å². The predicted octanol–water partition coefficient (Wildman–Crippen LogP) is 2.27. The first-order chi connectivity index (χ1) is 11.4. The van der Waals surface area contributed by atoms with E-state index in [-0.39, 0.29) is 36.0 Å². The number of benzene rings is 1. The van der Waals surface area contributed by atoms with Crippen LogP contribution in [0.1, 0.15) is 31.0 Å². The third kappa shape index (κ3) is 3.00. The minimum Gasteiger partial charge on any atom is -0.369 e. The Morgan fingerprint density at radius 3 is 2.83 bits per heavy atom. The summed E-state index contributed by atoms with van der Waals surface area (Å²) >= 11 is 0. The topological polar surface area (TPSA) is 79.2 Å². The fourth-order valence-electron chi connectivity index (χ4n) is 3.52. The molecule has 0 spiro atoms. The van der Waals surface area contributed by atoms with Crippen LogP contribution in [0.25, 0.3) is 10.9 Å². The van der Waals surface area contributed by atoms with E-state index in [1.807, 2.05) is 13.8 Å². The van der Waals surface area contributed by atoms with E-state index in [1.165, 1.54) is 12.1 Å². The van der Waals surface area contributed by atoms with Gasteiger partial charge in [0.1, 0.15) is 5.82 Å². The first-order valence-electron chi connectivity index (χ1n) is 8.22. The molecule has 3 rings (SSSR count). The summed E-state index contributed by atoms with van der Waals surface area (Å²) in [6.45, 7) is 4.23. The fraction of sp³-hybridized carbons (Fsp3) is 0.444. The molecule has 24 heavy (non-hydrogen) atoms. The Morgan fingerprint density at radius 2 is 2.12 bits per heavy atom. The number of fused-ring (bicyclic) bond motifs is 1. The number of H-pyrrole nitrogens is 1. The summed E-state index contributed by atoms with van der Waals surface area (Å²) in [6.07, 6.45) is 1.67. The number of primary amides is 1. The van der Waals surface area contributed by atoms with Crippen molar-refractivity contribution in [2.75, 3.05) is 6.54 Å². The smallest absolute Gasteiger partial charge is 0.227 e. The van der Waals surface area contributed by atoms with E-state index in [1.54, 1.807) is 11.0 Å². The van der Waals surface area contributed by atoms with Crippen LogP contribution in [0.4, 0.5) is 4.39 Å². The molecule has 1 fully saturated rings. The van der Waals surface area contributed by atoms with Gasteiger partial charge in [-0.15, -0.1) is 0 Å². The highest BCUT2D eigenvalue weighted by atomic mass is 19.1. The Labute approximate surface area is 140 Å². The molecule has 1 aliphatic heterocycles. The summed E-state index contributed by atoms with van der Waals surface area (Å²) in [4.78, 5) is 29.2. The highest BCUT2D eigenvalue weighted by Gasteiger charge is 2.32. The summed E-state index contributed by atoms with van der Waals surface area (Å²) < 4.78 is 13.6. The molecule has 1 aliphatic rings. The Bertz CT molecular complexity index is 799. The van der Waals surface area contributed by atoms with Crippen molar-refractivity contribution in [3.63, 3.8) is 0 Å². The number of nitrogens with two attached hydrogens (primary N) is 1. The second kappa shape index (κ2) is 6.26. The number of carbonyl (C=O) groups excluding carboxylic acids is 2. The molecule has 2 amide bonds. The molecule has 5 nitrogen and oxygen atoms in total. The molecular weight excluding hydrogens is 309 g/mol. The number of halogens is 1. The summed E-state index contributed by atoms with van der Waals surface area (Å²) in [5.74, 6) is -1.02. The van der Waals surface area contributed by atoms with E-state index in [2.05, 4.69) is 4.98 Å². The molecule has 2 atom stereocenters. The molecule has 6 heteroatoms. The van der Waals surface area contributed by atoms with Crippen molar-refractivity contribution >= 4 is 22.7 Å². The number of hydrogen-bond donors (Lipinski definition) is 2. The van der Waals surface area contributed by atoms with Gasteiger partial charge in [-0.05, 0) is 50.5 Å². The molecule has 128 valence electrons. The Hall–Kier alpha value is -2.37. The van der Waals surface area contributed by atoms with Crippen LogP contribution in [0, 0.1) is 18.7 Å². The number of nitrogens with zero attached hydrogens (tertiary/aromatic N) is 1. The second-order valence-corrected chi connectivity index (χ2v) is 6.67. The molecule has 1 aromatic heterocycles. The molecule has 1 aromatic carbocycles. The Morgan fingerprint density at radius 1 is 1.38 bits per heavy atom. The Balaban J connectivity index is 1.85. The molecule has 3 N–H and O–H groups in total. The van der Waals surface area contributed by atoms with Gasteiger partial charge in [-0.2, -0.15) is 0 Å². The molecule has 0 aliphatic carbocycles. The third-order valence-corrected chi connectivity index (χ3v) is 5.01. The van der Waals surface area contributed by atoms with Gasteiger partial charge in [0.25, 0.3) is 0 Å². The average molecular weight is 331 g/mol. The lowest BCUT2D eigenvalue weighted by atomic mass is 9.92. The van der Waals surface area contributed by atoms with Gasteiger partial charge < -0.3 is 15.6 Å². The number of rotatable bonds is 3. The number of aromatic amines is 1. The van der Waals surface area contributed by atoms with Gasteiger partial charge in [-0.3, -0.25) is 9.59 Å². The number of hydrogen-bond acceptors (Lipinski definition) is 2.